The summed E-state index contributed by atoms with van der Waals surface area (Å²) < 4.78 is 5.48. The van der Waals surface area contributed by atoms with Crippen molar-refractivity contribution in [2.24, 2.45) is 0 Å². The van der Waals surface area contributed by atoms with Crippen LogP contribution in [0.25, 0.3) is 10.8 Å². The second-order valence-electron chi connectivity index (χ2n) is 4.97. The molecule has 1 fully saturated rings. The number of fused-ring (bicyclic) bond motifs is 1. The summed E-state index contributed by atoms with van der Waals surface area (Å²) in [7, 11) is 1.70. The molecule has 0 spiro atoms. The second kappa shape index (κ2) is 4.92. The van der Waals surface area contributed by atoms with Crippen LogP contribution in [0.15, 0.2) is 36.4 Å². The molecular weight excluding hydrogens is 238 g/mol. The van der Waals surface area contributed by atoms with E-state index in [-0.39, 0.29) is 11.9 Å². The van der Waals surface area contributed by atoms with Gasteiger partial charge in [-0.1, -0.05) is 30.3 Å². The number of amides is 1. The van der Waals surface area contributed by atoms with Crippen molar-refractivity contribution >= 4 is 16.7 Å². The van der Waals surface area contributed by atoms with Crippen molar-refractivity contribution in [2.75, 3.05) is 7.11 Å². The van der Waals surface area contributed by atoms with Gasteiger partial charge in [0.2, 0.25) is 5.91 Å². The first kappa shape index (κ1) is 12.0. The molecule has 3 nitrogen and oxygen atoms in total. The molecule has 1 N–H and O–H groups in total. The summed E-state index contributed by atoms with van der Waals surface area (Å²) in [4.78, 5) is 11.3. The minimum atomic E-state index is 0.157. The minimum absolute atomic E-state index is 0.157. The predicted molar refractivity (Wildman–Crippen MR) is 75.4 cm³/mol. The van der Waals surface area contributed by atoms with Gasteiger partial charge in [0.05, 0.1) is 7.11 Å². The van der Waals surface area contributed by atoms with Gasteiger partial charge in [-0.05, 0) is 29.7 Å². The summed E-state index contributed by atoms with van der Waals surface area (Å²) in [6, 6.07) is 12.6. The van der Waals surface area contributed by atoms with Crippen LogP contribution in [0, 0.1) is 0 Å². The highest BCUT2D eigenvalue weighted by Gasteiger charge is 2.22. The molecule has 1 unspecified atom stereocenters. The van der Waals surface area contributed by atoms with Crippen molar-refractivity contribution in [3.05, 3.63) is 42.0 Å². The van der Waals surface area contributed by atoms with Gasteiger partial charge < -0.3 is 10.1 Å². The molecule has 1 aliphatic heterocycles. The molecule has 0 saturated carbocycles. The van der Waals surface area contributed by atoms with Crippen LogP contribution in [-0.2, 0) is 11.2 Å². The van der Waals surface area contributed by atoms with E-state index in [0.717, 1.165) is 18.6 Å². The SMILES string of the molecule is COc1ccc2ccccc2c1CC1CCC(=O)N1. The van der Waals surface area contributed by atoms with Crippen LogP contribution in [-0.4, -0.2) is 19.1 Å². The Labute approximate surface area is 112 Å². The van der Waals surface area contributed by atoms with Crippen molar-refractivity contribution in [3.63, 3.8) is 0 Å². The lowest BCUT2D eigenvalue weighted by atomic mass is 9.97. The third kappa shape index (κ3) is 2.28. The molecule has 0 bridgehead atoms. The van der Waals surface area contributed by atoms with E-state index in [4.69, 9.17) is 4.74 Å². The summed E-state index contributed by atoms with van der Waals surface area (Å²) in [6.07, 6.45) is 2.37. The van der Waals surface area contributed by atoms with E-state index >= 15 is 0 Å². The van der Waals surface area contributed by atoms with Crippen molar-refractivity contribution in [3.8, 4) is 5.75 Å². The summed E-state index contributed by atoms with van der Waals surface area (Å²) in [5.41, 5.74) is 1.19. The highest BCUT2D eigenvalue weighted by Crippen LogP contribution is 2.30. The third-order valence-corrected chi connectivity index (χ3v) is 3.75. The quantitative estimate of drug-likeness (QED) is 0.915. The smallest absolute Gasteiger partial charge is 0.220 e. The average molecular weight is 255 g/mol. The zero-order valence-corrected chi connectivity index (χ0v) is 11.0. The number of hydrogen-bond acceptors (Lipinski definition) is 2. The molecule has 0 aliphatic carbocycles. The highest BCUT2D eigenvalue weighted by molar-refractivity contribution is 5.88. The number of ether oxygens (including phenoxy) is 1. The molecule has 3 heteroatoms. The molecule has 2 aromatic carbocycles. The molecule has 1 heterocycles. The molecule has 1 saturated heterocycles. The van der Waals surface area contributed by atoms with Crippen LogP contribution in [0.1, 0.15) is 18.4 Å². The maximum absolute atomic E-state index is 11.3. The molecular formula is C16H17NO2. The number of carbonyl (C=O) groups is 1. The summed E-state index contributed by atoms with van der Waals surface area (Å²) in [6.45, 7) is 0. The van der Waals surface area contributed by atoms with Crippen LogP contribution < -0.4 is 10.1 Å². The molecule has 0 aromatic heterocycles. The summed E-state index contributed by atoms with van der Waals surface area (Å²) in [5.74, 6) is 1.06. The molecule has 0 radical (unpaired) electrons. The fraction of sp³-hybridized carbons (Fsp3) is 0.312. The van der Waals surface area contributed by atoms with Crippen LogP contribution in [0.4, 0.5) is 0 Å². The van der Waals surface area contributed by atoms with Crippen LogP contribution in [0.2, 0.25) is 0 Å². The van der Waals surface area contributed by atoms with E-state index < -0.39 is 0 Å². The first-order chi connectivity index (χ1) is 9.28. The van der Waals surface area contributed by atoms with Crippen LogP contribution in [0.5, 0.6) is 5.75 Å². The maximum Gasteiger partial charge on any atom is 0.220 e. The molecule has 2 aromatic rings. The normalized spacial score (nSPS) is 18.6. The number of methoxy groups -OCH3 is 1. The Morgan fingerprint density at radius 1 is 1.26 bits per heavy atom. The first-order valence-corrected chi connectivity index (χ1v) is 6.62. The zero-order chi connectivity index (χ0) is 13.2. The standard InChI is InChI=1S/C16H17NO2/c1-19-15-8-6-11-4-2-3-5-13(11)14(15)10-12-7-9-16(18)17-12/h2-6,8,12H,7,9-10H2,1H3,(H,17,18). The Hall–Kier alpha value is -2.03. The molecule has 1 aliphatic rings. The fourth-order valence-electron chi connectivity index (χ4n) is 2.79. The Morgan fingerprint density at radius 2 is 2.11 bits per heavy atom. The van der Waals surface area contributed by atoms with Gasteiger partial charge in [-0.25, -0.2) is 0 Å². The first-order valence-electron chi connectivity index (χ1n) is 6.62. The van der Waals surface area contributed by atoms with Crippen molar-refractivity contribution in [1.29, 1.82) is 0 Å². The Morgan fingerprint density at radius 3 is 2.84 bits per heavy atom. The maximum atomic E-state index is 11.3. The van der Waals surface area contributed by atoms with E-state index in [9.17, 15) is 4.79 Å². The Kier molecular flexibility index (Phi) is 3.11. The van der Waals surface area contributed by atoms with Crippen LogP contribution in [0.3, 0.4) is 0 Å². The second-order valence-corrected chi connectivity index (χ2v) is 4.97. The number of benzene rings is 2. The lowest BCUT2D eigenvalue weighted by Gasteiger charge is -2.15. The van der Waals surface area contributed by atoms with Gasteiger partial charge in [0, 0.05) is 18.0 Å². The number of hydrogen-bond donors (Lipinski definition) is 1. The van der Waals surface area contributed by atoms with E-state index in [1.807, 2.05) is 18.2 Å². The monoisotopic (exact) mass is 255 g/mol. The molecule has 98 valence electrons. The highest BCUT2D eigenvalue weighted by atomic mass is 16.5. The topological polar surface area (TPSA) is 38.3 Å². The van der Waals surface area contributed by atoms with E-state index in [1.165, 1.54) is 16.3 Å². The fourth-order valence-corrected chi connectivity index (χ4v) is 2.79. The lowest BCUT2D eigenvalue weighted by Crippen LogP contribution is -2.27. The summed E-state index contributed by atoms with van der Waals surface area (Å²) in [5, 5.41) is 5.45. The largest absolute Gasteiger partial charge is 0.496 e. The molecule has 1 amide bonds. The van der Waals surface area contributed by atoms with Crippen molar-refractivity contribution < 1.29 is 9.53 Å². The van der Waals surface area contributed by atoms with Gasteiger partial charge in [-0.15, -0.1) is 0 Å². The number of nitrogens with one attached hydrogen (secondary N) is 1. The van der Waals surface area contributed by atoms with Gasteiger partial charge in [0.15, 0.2) is 0 Å². The van der Waals surface area contributed by atoms with Gasteiger partial charge in [-0.3, -0.25) is 4.79 Å². The molecule has 19 heavy (non-hydrogen) atoms. The van der Waals surface area contributed by atoms with Crippen molar-refractivity contribution in [2.45, 2.75) is 25.3 Å². The average Bonchev–Trinajstić information content (AvgIpc) is 2.85. The Balaban J connectivity index is 2.02. The van der Waals surface area contributed by atoms with E-state index in [0.29, 0.717) is 6.42 Å². The zero-order valence-electron chi connectivity index (χ0n) is 11.0. The summed E-state index contributed by atoms with van der Waals surface area (Å²) >= 11 is 0. The van der Waals surface area contributed by atoms with E-state index in [2.05, 4.69) is 23.5 Å². The molecule has 3 rings (SSSR count). The third-order valence-electron chi connectivity index (χ3n) is 3.75. The predicted octanol–water partition coefficient (Wildman–Crippen LogP) is 2.67. The lowest BCUT2D eigenvalue weighted by molar-refractivity contribution is -0.119. The minimum Gasteiger partial charge on any atom is -0.496 e. The van der Waals surface area contributed by atoms with Crippen LogP contribution >= 0.6 is 0 Å². The van der Waals surface area contributed by atoms with Gasteiger partial charge in [0.25, 0.3) is 0 Å². The number of rotatable bonds is 3. The van der Waals surface area contributed by atoms with Gasteiger partial charge in [0.1, 0.15) is 5.75 Å². The Bertz CT molecular complexity index is 621. The van der Waals surface area contributed by atoms with Gasteiger partial charge >= 0.3 is 0 Å². The van der Waals surface area contributed by atoms with Gasteiger partial charge in [-0.2, -0.15) is 0 Å². The van der Waals surface area contributed by atoms with Crippen molar-refractivity contribution in [1.82, 2.24) is 5.32 Å². The van der Waals surface area contributed by atoms with E-state index in [1.54, 1.807) is 7.11 Å². The molecule has 1 atom stereocenters. The number of carbonyl (C=O) groups excluding carboxylic acids is 1.